The fraction of sp³-hybridized carbons (Fsp3) is 0.250. The van der Waals surface area contributed by atoms with E-state index in [1.165, 1.54) is 6.07 Å². The summed E-state index contributed by atoms with van der Waals surface area (Å²) in [5.74, 6) is 1.04. The molecule has 0 aromatic heterocycles. The van der Waals surface area contributed by atoms with Crippen molar-refractivity contribution in [3.8, 4) is 11.5 Å². The summed E-state index contributed by atoms with van der Waals surface area (Å²) >= 11 is 0. The normalized spacial score (nSPS) is 13.6. The zero-order valence-electron chi connectivity index (χ0n) is 11.5. The zero-order valence-corrected chi connectivity index (χ0v) is 11.5. The summed E-state index contributed by atoms with van der Waals surface area (Å²) in [6, 6.07) is 13.3. The minimum atomic E-state index is -0.537. The van der Waals surface area contributed by atoms with Crippen molar-refractivity contribution >= 4 is 0 Å². The highest BCUT2D eigenvalue weighted by Gasteiger charge is 2.21. The van der Waals surface area contributed by atoms with Crippen LogP contribution in [0.15, 0.2) is 48.5 Å². The number of ether oxygens (including phenoxy) is 2. The molecule has 0 saturated carbocycles. The predicted octanol–water partition coefficient (Wildman–Crippen LogP) is 3.30. The van der Waals surface area contributed by atoms with Gasteiger partial charge in [0.25, 0.3) is 0 Å². The molecule has 2 aromatic carbocycles. The molecule has 0 radical (unpaired) electrons. The Hall–Kier alpha value is -2.07. The monoisotopic (exact) mass is 275 g/mol. The summed E-state index contributed by atoms with van der Waals surface area (Å²) in [6.07, 6.45) is -0.537. The summed E-state index contributed by atoms with van der Waals surface area (Å²) in [5, 5.41) is 0. The minimum absolute atomic E-state index is 0.316. The van der Waals surface area contributed by atoms with E-state index in [0.717, 1.165) is 5.75 Å². The van der Waals surface area contributed by atoms with Crippen LogP contribution in [0.2, 0.25) is 0 Å². The molecule has 0 aliphatic rings. The second-order valence-corrected chi connectivity index (χ2v) is 4.59. The SMILES string of the molecule is COc1ccc(OC(c2ccccc2F)C(C)N)cc1. The molecule has 4 heteroatoms. The van der Waals surface area contributed by atoms with Gasteiger partial charge < -0.3 is 15.2 Å². The first-order valence-corrected chi connectivity index (χ1v) is 6.42. The molecule has 2 unspecified atom stereocenters. The smallest absolute Gasteiger partial charge is 0.141 e. The van der Waals surface area contributed by atoms with E-state index in [0.29, 0.717) is 11.3 Å². The summed E-state index contributed by atoms with van der Waals surface area (Å²) in [4.78, 5) is 0. The van der Waals surface area contributed by atoms with Crippen molar-refractivity contribution in [1.29, 1.82) is 0 Å². The Labute approximate surface area is 118 Å². The highest BCUT2D eigenvalue weighted by atomic mass is 19.1. The second-order valence-electron chi connectivity index (χ2n) is 4.59. The molecule has 2 N–H and O–H groups in total. The highest BCUT2D eigenvalue weighted by molar-refractivity contribution is 5.32. The van der Waals surface area contributed by atoms with Crippen LogP contribution in [0.4, 0.5) is 4.39 Å². The Kier molecular flexibility index (Phi) is 4.58. The van der Waals surface area contributed by atoms with E-state index in [4.69, 9.17) is 15.2 Å². The third kappa shape index (κ3) is 3.27. The van der Waals surface area contributed by atoms with Crippen LogP contribution < -0.4 is 15.2 Å². The van der Waals surface area contributed by atoms with Gasteiger partial charge in [-0.05, 0) is 37.3 Å². The van der Waals surface area contributed by atoms with E-state index >= 15 is 0 Å². The average molecular weight is 275 g/mol. The van der Waals surface area contributed by atoms with Crippen LogP contribution in [0.5, 0.6) is 11.5 Å². The molecule has 0 fully saturated rings. The molecular weight excluding hydrogens is 257 g/mol. The van der Waals surface area contributed by atoms with Crippen LogP contribution in [0.25, 0.3) is 0 Å². The van der Waals surface area contributed by atoms with Gasteiger partial charge in [0.2, 0.25) is 0 Å². The van der Waals surface area contributed by atoms with E-state index in [1.54, 1.807) is 56.5 Å². The molecule has 0 heterocycles. The number of halogens is 1. The van der Waals surface area contributed by atoms with Crippen LogP contribution in [0, 0.1) is 5.82 Å². The number of benzene rings is 2. The molecule has 2 aromatic rings. The number of hydrogen-bond acceptors (Lipinski definition) is 3. The van der Waals surface area contributed by atoms with Crippen molar-refractivity contribution in [2.45, 2.75) is 19.1 Å². The molecule has 0 bridgehead atoms. The Morgan fingerprint density at radius 1 is 1.00 bits per heavy atom. The van der Waals surface area contributed by atoms with Crippen molar-refractivity contribution in [2.24, 2.45) is 5.73 Å². The Bertz CT molecular complexity index is 555. The molecule has 0 aliphatic carbocycles. The maximum absolute atomic E-state index is 13.9. The molecule has 20 heavy (non-hydrogen) atoms. The number of nitrogens with two attached hydrogens (primary N) is 1. The van der Waals surface area contributed by atoms with Crippen molar-refractivity contribution in [3.63, 3.8) is 0 Å². The average Bonchev–Trinajstić information content (AvgIpc) is 2.46. The largest absolute Gasteiger partial charge is 0.497 e. The van der Waals surface area contributed by atoms with Crippen molar-refractivity contribution < 1.29 is 13.9 Å². The lowest BCUT2D eigenvalue weighted by molar-refractivity contribution is 0.175. The van der Waals surface area contributed by atoms with Gasteiger partial charge in [-0.3, -0.25) is 0 Å². The number of rotatable bonds is 5. The maximum atomic E-state index is 13.9. The molecule has 106 valence electrons. The minimum Gasteiger partial charge on any atom is -0.497 e. The van der Waals surface area contributed by atoms with E-state index < -0.39 is 6.10 Å². The van der Waals surface area contributed by atoms with E-state index in [2.05, 4.69) is 0 Å². The lowest BCUT2D eigenvalue weighted by atomic mass is 10.0. The van der Waals surface area contributed by atoms with Crippen LogP contribution in [0.1, 0.15) is 18.6 Å². The predicted molar refractivity (Wildman–Crippen MR) is 76.4 cm³/mol. The van der Waals surface area contributed by atoms with E-state index in [9.17, 15) is 4.39 Å². The van der Waals surface area contributed by atoms with Crippen LogP contribution in [-0.4, -0.2) is 13.2 Å². The second kappa shape index (κ2) is 6.39. The van der Waals surface area contributed by atoms with Gasteiger partial charge in [0.1, 0.15) is 23.4 Å². The molecule has 2 rings (SSSR count). The van der Waals surface area contributed by atoms with Crippen LogP contribution in [0.3, 0.4) is 0 Å². The fourth-order valence-corrected chi connectivity index (χ4v) is 1.96. The molecule has 2 atom stereocenters. The summed E-state index contributed by atoms with van der Waals surface area (Å²) in [5.41, 5.74) is 6.38. The van der Waals surface area contributed by atoms with Crippen molar-refractivity contribution in [3.05, 3.63) is 59.9 Å². The molecular formula is C16H18FNO2. The molecule has 0 amide bonds. The van der Waals surface area contributed by atoms with Crippen molar-refractivity contribution in [1.82, 2.24) is 0 Å². The van der Waals surface area contributed by atoms with Gasteiger partial charge in [-0.25, -0.2) is 4.39 Å². The standard InChI is InChI=1S/C16H18FNO2/c1-11(18)16(14-5-3-4-6-15(14)17)20-13-9-7-12(19-2)8-10-13/h3-11,16H,18H2,1-2H3. The molecule has 0 saturated heterocycles. The lowest BCUT2D eigenvalue weighted by Gasteiger charge is -2.23. The summed E-state index contributed by atoms with van der Waals surface area (Å²) in [6.45, 7) is 1.79. The van der Waals surface area contributed by atoms with Gasteiger partial charge in [0, 0.05) is 11.6 Å². The third-order valence-electron chi connectivity index (χ3n) is 3.01. The lowest BCUT2D eigenvalue weighted by Crippen LogP contribution is -2.29. The first-order chi connectivity index (χ1) is 9.61. The topological polar surface area (TPSA) is 44.5 Å². The van der Waals surface area contributed by atoms with Crippen LogP contribution in [-0.2, 0) is 0 Å². The Balaban J connectivity index is 2.23. The molecule has 0 spiro atoms. The fourth-order valence-electron chi connectivity index (χ4n) is 1.96. The Morgan fingerprint density at radius 3 is 2.15 bits per heavy atom. The first kappa shape index (κ1) is 14.3. The van der Waals surface area contributed by atoms with Gasteiger partial charge in [-0.15, -0.1) is 0 Å². The highest BCUT2D eigenvalue weighted by Crippen LogP contribution is 2.27. The third-order valence-corrected chi connectivity index (χ3v) is 3.01. The van der Waals surface area contributed by atoms with Gasteiger partial charge in [-0.2, -0.15) is 0 Å². The number of hydrogen-bond donors (Lipinski definition) is 1. The summed E-state index contributed by atoms with van der Waals surface area (Å²) in [7, 11) is 1.60. The summed E-state index contributed by atoms with van der Waals surface area (Å²) < 4.78 is 24.8. The van der Waals surface area contributed by atoms with Gasteiger partial charge >= 0.3 is 0 Å². The van der Waals surface area contributed by atoms with Crippen molar-refractivity contribution in [2.75, 3.05) is 7.11 Å². The van der Waals surface area contributed by atoms with Crippen LogP contribution >= 0.6 is 0 Å². The van der Waals surface area contributed by atoms with E-state index in [1.807, 2.05) is 0 Å². The molecule has 0 aliphatic heterocycles. The maximum Gasteiger partial charge on any atom is 0.141 e. The van der Waals surface area contributed by atoms with E-state index in [-0.39, 0.29) is 11.9 Å². The first-order valence-electron chi connectivity index (χ1n) is 6.42. The molecule has 3 nitrogen and oxygen atoms in total. The van der Waals surface area contributed by atoms with Gasteiger partial charge in [0.15, 0.2) is 0 Å². The van der Waals surface area contributed by atoms with Gasteiger partial charge in [0.05, 0.1) is 7.11 Å². The quantitative estimate of drug-likeness (QED) is 0.910. The Morgan fingerprint density at radius 2 is 1.60 bits per heavy atom. The van der Waals surface area contributed by atoms with Gasteiger partial charge in [-0.1, -0.05) is 18.2 Å². The number of methoxy groups -OCH3 is 1. The zero-order chi connectivity index (χ0) is 14.5.